The Morgan fingerprint density at radius 2 is 2.42 bits per heavy atom. The molecule has 2 N–H and O–H groups in total. The number of piperidine rings is 1. The second kappa shape index (κ2) is 2.71. The molecule has 1 heterocycles. The third-order valence-electron chi connectivity index (χ3n) is 2.88. The molecule has 0 bridgehead atoms. The van der Waals surface area contributed by atoms with Crippen molar-refractivity contribution in [3.63, 3.8) is 0 Å². The zero-order valence-corrected chi connectivity index (χ0v) is 6.99. The van der Waals surface area contributed by atoms with Crippen molar-refractivity contribution in [1.29, 1.82) is 0 Å². The van der Waals surface area contributed by atoms with Crippen molar-refractivity contribution in [3.8, 4) is 0 Å². The van der Waals surface area contributed by atoms with E-state index in [9.17, 15) is 4.79 Å². The Hall–Kier alpha value is -0.610. The number of ether oxygens (including phenoxy) is 1. The first kappa shape index (κ1) is 8.01. The maximum absolute atomic E-state index is 11.2. The van der Waals surface area contributed by atoms with E-state index in [0.717, 1.165) is 0 Å². The van der Waals surface area contributed by atoms with Crippen LogP contribution in [0.2, 0.25) is 0 Å². The summed E-state index contributed by atoms with van der Waals surface area (Å²) in [6.07, 6.45) is 0. The van der Waals surface area contributed by atoms with Crippen molar-refractivity contribution in [2.75, 3.05) is 20.3 Å². The maximum atomic E-state index is 11.2. The smallest absolute Gasteiger partial charge is 0.224 e. The molecular formula is C8H13NO3. The minimum absolute atomic E-state index is 0.0253. The van der Waals surface area contributed by atoms with Gasteiger partial charge in [-0.3, -0.25) is 4.79 Å². The highest BCUT2D eigenvalue weighted by atomic mass is 16.5. The minimum atomic E-state index is -0.0253. The Bertz CT molecular complexity index is 206. The molecule has 0 aromatic rings. The van der Waals surface area contributed by atoms with Gasteiger partial charge in [0.05, 0.1) is 19.3 Å². The molecule has 2 fully saturated rings. The average molecular weight is 171 g/mol. The van der Waals surface area contributed by atoms with E-state index in [1.54, 1.807) is 7.11 Å². The van der Waals surface area contributed by atoms with Crippen LogP contribution in [-0.4, -0.2) is 37.4 Å². The van der Waals surface area contributed by atoms with Gasteiger partial charge in [0.25, 0.3) is 0 Å². The van der Waals surface area contributed by atoms with E-state index in [-0.39, 0.29) is 24.5 Å². The number of fused-ring (bicyclic) bond motifs is 1. The number of aliphatic hydroxyl groups is 1. The molecule has 1 aliphatic heterocycles. The van der Waals surface area contributed by atoms with Crippen molar-refractivity contribution in [3.05, 3.63) is 0 Å². The van der Waals surface area contributed by atoms with Crippen molar-refractivity contribution in [2.45, 2.75) is 6.04 Å². The highest BCUT2D eigenvalue weighted by Crippen LogP contribution is 2.52. The lowest BCUT2D eigenvalue weighted by molar-refractivity contribution is -0.122. The van der Waals surface area contributed by atoms with Crippen molar-refractivity contribution in [1.82, 2.24) is 5.32 Å². The van der Waals surface area contributed by atoms with Crippen LogP contribution in [0.25, 0.3) is 0 Å². The predicted octanol–water partition coefficient (Wildman–Crippen LogP) is -1.01. The van der Waals surface area contributed by atoms with Crippen LogP contribution >= 0.6 is 0 Å². The molecule has 4 heteroatoms. The van der Waals surface area contributed by atoms with E-state index in [4.69, 9.17) is 9.84 Å². The average Bonchev–Trinajstić information content (AvgIpc) is 2.64. The Kier molecular flexibility index (Phi) is 1.81. The first-order valence-corrected chi connectivity index (χ1v) is 4.19. The summed E-state index contributed by atoms with van der Waals surface area (Å²) in [6, 6.07) is -0.0253. The van der Waals surface area contributed by atoms with E-state index in [2.05, 4.69) is 5.32 Å². The van der Waals surface area contributed by atoms with Gasteiger partial charge >= 0.3 is 0 Å². The van der Waals surface area contributed by atoms with Gasteiger partial charge in [0, 0.05) is 13.0 Å². The molecule has 0 aromatic carbocycles. The van der Waals surface area contributed by atoms with E-state index < -0.39 is 0 Å². The van der Waals surface area contributed by atoms with Gasteiger partial charge in [-0.1, -0.05) is 0 Å². The molecule has 4 nitrogen and oxygen atoms in total. The summed E-state index contributed by atoms with van der Waals surface area (Å²) in [7, 11) is 1.64. The highest BCUT2D eigenvalue weighted by molar-refractivity contribution is 5.85. The topological polar surface area (TPSA) is 58.6 Å². The van der Waals surface area contributed by atoms with Crippen LogP contribution < -0.4 is 5.32 Å². The van der Waals surface area contributed by atoms with Crippen LogP contribution in [0.15, 0.2) is 0 Å². The van der Waals surface area contributed by atoms with E-state index in [1.165, 1.54) is 0 Å². The van der Waals surface area contributed by atoms with Gasteiger partial charge in [-0.15, -0.1) is 0 Å². The van der Waals surface area contributed by atoms with Crippen molar-refractivity contribution < 1.29 is 14.6 Å². The standard InChI is InChI=1S/C8H13NO3/c1-12-3-4-6-5(2-10)9-8(11)7(4)6/h4-7,10H,2-3H2,1H3,(H,9,11). The molecule has 1 aliphatic carbocycles. The molecule has 1 saturated carbocycles. The van der Waals surface area contributed by atoms with E-state index in [0.29, 0.717) is 18.4 Å². The quantitative estimate of drug-likeness (QED) is 0.571. The van der Waals surface area contributed by atoms with E-state index in [1.807, 2.05) is 0 Å². The van der Waals surface area contributed by atoms with Crippen LogP contribution in [0.1, 0.15) is 0 Å². The normalized spacial score (nSPS) is 44.0. The zero-order chi connectivity index (χ0) is 8.72. The predicted molar refractivity (Wildman–Crippen MR) is 41.4 cm³/mol. The Balaban J connectivity index is 1.98. The third-order valence-corrected chi connectivity index (χ3v) is 2.88. The first-order chi connectivity index (χ1) is 5.79. The summed E-state index contributed by atoms with van der Waals surface area (Å²) < 4.78 is 4.98. The fraction of sp³-hybridized carbons (Fsp3) is 0.875. The first-order valence-electron chi connectivity index (χ1n) is 4.19. The maximum Gasteiger partial charge on any atom is 0.224 e. The second-order valence-corrected chi connectivity index (χ2v) is 3.52. The van der Waals surface area contributed by atoms with Gasteiger partial charge in [-0.05, 0) is 11.8 Å². The summed E-state index contributed by atoms with van der Waals surface area (Å²) in [4.78, 5) is 11.2. The minimum Gasteiger partial charge on any atom is -0.394 e. The third kappa shape index (κ3) is 0.949. The number of carbonyl (C=O) groups is 1. The van der Waals surface area contributed by atoms with Gasteiger partial charge in [0.15, 0.2) is 0 Å². The van der Waals surface area contributed by atoms with Crippen LogP contribution in [0.4, 0.5) is 0 Å². The SMILES string of the molecule is COCC1C2C(=O)NC(CO)C12. The number of nitrogens with one attached hydrogen (secondary N) is 1. The van der Waals surface area contributed by atoms with Gasteiger partial charge in [0.1, 0.15) is 0 Å². The molecule has 0 spiro atoms. The molecular weight excluding hydrogens is 158 g/mol. The Morgan fingerprint density at radius 1 is 1.67 bits per heavy atom. The number of amides is 1. The molecule has 2 aliphatic rings. The van der Waals surface area contributed by atoms with Crippen LogP contribution in [-0.2, 0) is 9.53 Å². The molecule has 0 radical (unpaired) electrons. The number of rotatable bonds is 3. The summed E-state index contributed by atoms with van der Waals surface area (Å²) in [5.74, 6) is 0.867. The number of hydrogen-bond acceptors (Lipinski definition) is 3. The molecule has 68 valence electrons. The van der Waals surface area contributed by atoms with Gasteiger partial charge in [-0.25, -0.2) is 0 Å². The summed E-state index contributed by atoms with van der Waals surface area (Å²) in [6.45, 7) is 0.687. The molecule has 0 aromatic heterocycles. The van der Waals surface area contributed by atoms with E-state index >= 15 is 0 Å². The molecule has 12 heavy (non-hydrogen) atoms. The fourth-order valence-electron chi connectivity index (χ4n) is 2.27. The summed E-state index contributed by atoms with van der Waals surface area (Å²) in [5, 5.41) is 11.7. The highest BCUT2D eigenvalue weighted by Gasteiger charge is 2.62. The number of hydrogen-bond donors (Lipinski definition) is 2. The molecule has 1 saturated heterocycles. The largest absolute Gasteiger partial charge is 0.394 e. The fourth-order valence-corrected chi connectivity index (χ4v) is 2.27. The van der Waals surface area contributed by atoms with Crippen molar-refractivity contribution >= 4 is 5.91 Å². The number of carbonyl (C=O) groups excluding carboxylic acids is 1. The van der Waals surface area contributed by atoms with Crippen LogP contribution in [0, 0.1) is 17.8 Å². The van der Waals surface area contributed by atoms with Crippen LogP contribution in [0.5, 0.6) is 0 Å². The summed E-state index contributed by atoms with van der Waals surface area (Å²) in [5.41, 5.74) is 0. The summed E-state index contributed by atoms with van der Waals surface area (Å²) >= 11 is 0. The zero-order valence-electron chi connectivity index (χ0n) is 6.99. The molecule has 1 amide bonds. The lowest BCUT2D eigenvalue weighted by Gasteiger charge is -2.11. The number of aliphatic hydroxyl groups excluding tert-OH is 1. The number of methoxy groups -OCH3 is 1. The van der Waals surface area contributed by atoms with Gasteiger partial charge < -0.3 is 15.2 Å². The van der Waals surface area contributed by atoms with Crippen LogP contribution in [0.3, 0.4) is 0 Å². The lowest BCUT2D eigenvalue weighted by Crippen LogP contribution is -2.35. The Morgan fingerprint density at radius 3 is 3.00 bits per heavy atom. The van der Waals surface area contributed by atoms with Gasteiger partial charge in [0.2, 0.25) is 5.91 Å². The monoisotopic (exact) mass is 171 g/mol. The molecule has 4 atom stereocenters. The second-order valence-electron chi connectivity index (χ2n) is 3.52. The van der Waals surface area contributed by atoms with Crippen molar-refractivity contribution in [2.24, 2.45) is 17.8 Å². The molecule has 2 rings (SSSR count). The van der Waals surface area contributed by atoms with Gasteiger partial charge in [-0.2, -0.15) is 0 Å². The molecule has 4 unspecified atom stereocenters. The lowest BCUT2D eigenvalue weighted by atomic mass is 10.2. The Labute approximate surface area is 70.9 Å².